The first-order chi connectivity index (χ1) is 7.81. The van der Waals surface area contributed by atoms with Gasteiger partial charge in [0.25, 0.3) is 0 Å². The molecule has 0 aromatic carbocycles. The van der Waals surface area contributed by atoms with Crippen LogP contribution in [-0.4, -0.2) is 40.5 Å². The highest BCUT2D eigenvalue weighted by Gasteiger charge is 2.25. The topological polar surface area (TPSA) is 55.3 Å². The molecule has 0 N–H and O–H groups in total. The third kappa shape index (κ3) is 2.36. The highest BCUT2D eigenvalue weighted by molar-refractivity contribution is 5.75. The second kappa shape index (κ2) is 5.03. The van der Waals surface area contributed by atoms with E-state index < -0.39 is 0 Å². The molecule has 1 amide bonds. The van der Waals surface area contributed by atoms with E-state index in [-0.39, 0.29) is 12.0 Å². The summed E-state index contributed by atoms with van der Waals surface area (Å²) in [5, 5.41) is 0. The van der Waals surface area contributed by atoms with Crippen LogP contribution in [0.2, 0.25) is 0 Å². The molecule has 1 saturated heterocycles. The lowest BCUT2D eigenvalue weighted by atomic mass is 10.2. The van der Waals surface area contributed by atoms with E-state index in [0.717, 1.165) is 5.69 Å². The van der Waals surface area contributed by atoms with E-state index in [1.807, 2.05) is 17.9 Å². The number of aromatic nitrogens is 2. The Morgan fingerprint density at radius 3 is 3.25 bits per heavy atom. The summed E-state index contributed by atoms with van der Waals surface area (Å²) in [6.45, 7) is 3.70. The second-order valence-electron chi connectivity index (χ2n) is 3.69. The van der Waals surface area contributed by atoms with Crippen LogP contribution in [0.25, 0.3) is 0 Å². The Morgan fingerprint density at radius 1 is 1.69 bits per heavy atom. The van der Waals surface area contributed by atoms with Crippen molar-refractivity contribution in [2.75, 3.05) is 19.7 Å². The van der Waals surface area contributed by atoms with Crippen molar-refractivity contribution in [1.29, 1.82) is 0 Å². The van der Waals surface area contributed by atoms with Gasteiger partial charge in [0, 0.05) is 19.2 Å². The lowest BCUT2D eigenvalue weighted by Crippen LogP contribution is -2.42. The van der Waals surface area contributed by atoms with Crippen LogP contribution in [0.1, 0.15) is 25.1 Å². The van der Waals surface area contributed by atoms with Crippen molar-refractivity contribution >= 4 is 5.91 Å². The maximum absolute atomic E-state index is 11.6. The molecule has 16 heavy (non-hydrogen) atoms. The monoisotopic (exact) mass is 221 g/mol. The number of rotatable bonds is 2. The number of amides is 1. The van der Waals surface area contributed by atoms with Crippen LogP contribution in [0.5, 0.6) is 0 Å². The van der Waals surface area contributed by atoms with Crippen molar-refractivity contribution in [2.24, 2.45) is 0 Å². The molecule has 1 fully saturated rings. The van der Waals surface area contributed by atoms with Crippen molar-refractivity contribution in [3.8, 4) is 0 Å². The van der Waals surface area contributed by atoms with Crippen molar-refractivity contribution in [2.45, 2.75) is 19.4 Å². The molecule has 86 valence electrons. The summed E-state index contributed by atoms with van der Waals surface area (Å²) in [6.07, 6.45) is 3.61. The standard InChI is InChI=1S/C11H15N3O2/c1-2-11(15)14-5-6-16-10(7-14)9-3-4-12-8-13-9/h3-4,8,10H,2,5-7H2,1H3. The van der Waals surface area contributed by atoms with Gasteiger partial charge in [-0.2, -0.15) is 0 Å². The van der Waals surface area contributed by atoms with Crippen molar-refractivity contribution in [3.05, 3.63) is 24.3 Å². The zero-order chi connectivity index (χ0) is 11.4. The molecule has 1 atom stereocenters. The van der Waals surface area contributed by atoms with Gasteiger partial charge < -0.3 is 9.64 Å². The van der Waals surface area contributed by atoms with Crippen LogP contribution in [0.3, 0.4) is 0 Å². The zero-order valence-corrected chi connectivity index (χ0v) is 9.30. The van der Waals surface area contributed by atoms with Crippen LogP contribution in [0.4, 0.5) is 0 Å². The molecule has 1 aliphatic heterocycles. The molecule has 0 saturated carbocycles. The Morgan fingerprint density at radius 2 is 2.56 bits per heavy atom. The van der Waals surface area contributed by atoms with Crippen LogP contribution < -0.4 is 0 Å². The van der Waals surface area contributed by atoms with Crippen molar-refractivity contribution < 1.29 is 9.53 Å². The SMILES string of the molecule is CCC(=O)N1CCOC(c2ccncn2)C1. The normalized spacial score (nSPS) is 20.8. The molecule has 5 nitrogen and oxygen atoms in total. The fourth-order valence-corrected chi connectivity index (χ4v) is 1.77. The molecule has 1 aromatic heterocycles. The number of carbonyl (C=O) groups excluding carboxylic acids is 1. The minimum atomic E-state index is -0.118. The highest BCUT2D eigenvalue weighted by atomic mass is 16.5. The zero-order valence-electron chi connectivity index (χ0n) is 9.30. The quantitative estimate of drug-likeness (QED) is 0.740. The Kier molecular flexibility index (Phi) is 3.46. The van der Waals surface area contributed by atoms with Crippen LogP contribution >= 0.6 is 0 Å². The van der Waals surface area contributed by atoms with E-state index in [1.165, 1.54) is 6.33 Å². The molecular weight excluding hydrogens is 206 g/mol. The molecular formula is C11H15N3O2. The smallest absolute Gasteiger partial charge is 0.222 e. The molecule has 0 spiro atoms. The molecule has 0 aliphatic carbocycles. The Balaban J connectivity index is 2.05. The number of hydrogen-bond acceptors (Lipinski definition) is 4. The first kappa shape index (κ1) is 11.0. The first-order valence-corrected chi connectivity index (χ1v) is 5.46. The van der Waals surface area contributed by atoms with Crippen LogP contribution in [0, 0.1) is 0 Å². The first-order valence-electron chi connectivity index (χ1n) is 5.46. The third-order valence-corrected chi connectivity index (χ3v) is 2.66. The average molecular weight is 221 g/mol. The molecule has 1 aromatic rings. The van der Waals surface area contributed by atoms with Gasteiger partial charge in [0.15, 0.2) is 0 Å². The fourth-order valence-electron chi connectivity index (χ4n) is 1.77. The summed E-state index contributed by atoms with van der Waals surface area (Å²) in [4.78, 5) is 21.4. The van der Waals surface area contributed by atoms with Crippen LogP contribution in [-0.2, 0) is 9.53 Å². The van der Waals surface area contributed by atoms with Crippen LogP contribution in [0.15, 0.2) is 18.6 Å². The molecule has 1 unspecified atom stereocenters. The van der Waals surface area contributed by atoms with Gasteiger partial charge in [-0.15, -0.1) is 0 Å². The van der Waals surface area contributed by atoms with Gasteiger partial charge in [0.2, 0.25) is 5.91 Å². The van der Waals surface area contributed by atoms with Gasteiger partial charge in [0.05, 0.1) is 18.8 Å². The third-order valence-electron chi connectivity index (χ3n) is 2.66. The van der Waals surface area contributed by atoms with Gasteiger partial charge in [-0.25, -0.2) is 9.97 Å². The van der Waals surface area contributed by atoms with Gasteiger partial charge in [-0.05, 0) is 6.07 Å². The molecule has 5 heteroatoms. The maximum atomic E-state index is 11.6. The average Bonchev–Trinajstić information content (AvgIpc) is 2.39. The summed E-state index contributed by atoms with van der Waals surface area (Å²) in [7, 11) is 0. The van der Waals surface area contributed by atoms with Gasteiger partial charge in [0.1, 0.15) is 12.4 Å². The van der Waals surface area contributed by atoms with E-state index in [1.54, 1.807) is 6.20 Å². The largest absolute Gasteiger partial charge is 0.368 e. The van der Waals surface area contributed by atoms with Gasteiger partial charge in [-0.1, -0.05) is 6.92 Å². The predicted molar refractivity (Wildman–Crippen MR) is 57.6 cm³/mol. The molecule has 2 heterocycles. The summed E-state index contributed by atoms with van der Waals surface area (Å²) >= 11 is 0. The molecule has 0 radical (unpaired) electrons. The van der Waals surface area contributed by atoms with E-state index in [9.17, 15) is 4.79 Å². The van der Waals surface area contributed by atoms with Crippen molar-refractivity contribution in [1.82, 2.24) is 14.9 Å². The second-order valence-corrected chi connectivity index (χ2v) is 3.69. The lowest BCUT2D eigenvalue weighted by Gasteiger charge is -2.32. The van der Waals surface area contributed by atoms with Gasteiger partial charge in [-0.3, -0.25) is 4.79 Å². The summed E-state index contributed by atoms with van der Waals surface area (Å²) in [5.74, 6) is 0.169. The Labute approximate surface area is 94.5 Å². The number of nitrogens with zero attached hydrogens (tertiary/aromatic N) is 3. The summed E-state index contributed by atoms with van der Waals surface area (Å²) in [6, 6.07) is 1.82. The van der Waals surface area contributed by atoms with Gasteiger partial charge >= 0.3 is 0 Å². The minimum absolute atomic E-state index is 0.118. The highest BCUT2D eigenvalue weighted by Crippen LogP contribution is 2.20. The van der Waals surface area contributed by atoms with Crippen molar-refractivity contribution in [3.63, 3.8) is 0 Å². The Hall–Kier alpha value is -1.49. The van der Waals surface area contributed by atoms with E-state index >= 15 is 0 Å². The Bertz CT molecular complexity index is 356. The number of carbonyl (C=O) groups is 1. The van der Waals surface area contributed by atoms with E-state index in [0.29, 0.717) is 26.1 Å². The predicted octanol–water partition coefficient (Wildman–Crippen LogP) is 0.786. The fraction of sp³-hybridized carbons (Fsp3) is 0.545. The summed E-state index contributed by atoms with van der Waals surface area (Å²) in [5.41, 5.74) is 0.837. The number of hydrogen-bond donors (Lipinski definition) is 0. The maximum Gasteiger partial charge on any atom is 0.222 e. The number of ether oxygens (including phenoxy) is 1. The summed E-state index contributed by atoms with van der Waals surface area (Å²) < 4.78 is 5.60. The molecule has 0 bridgehead atoms. The molecule has 1 aliphatic rings. The molecule has 2 rings (SSSR count). The van der Waals surface area contributed by atoms with E-state index in [2.05, 4.69) is 9.97 Å². The number of morpholine rings is 1. The minimum Gasteiger partial charge on any atom is -0.368 e. The van der Waals surface area contributed by atoms with E-state index in [4.69, 9.17) is 4.74 Å². The lowest BCUT2D eigenvalue weighted by molar-refractivity contribution is -0.138.